The van der Waals surface area contributed by atoms with E-state index in [4.69, 9.17) is 9.47 Å². The van der Waals surface area contributed by atoms with Gasteiger partial charge in [-0.15, -0.1) is 0 Å². The summed E-state index contributed by atoms with van der Waals surface area (Å²) in [6.07, 6.45) is -1.14. The van der Waals surface area contributed by atoms with Gasteiger partial charge in [0.1, 0.15) is 24.3 Å². The van der Waals surface area contributed by atoms with Gasteiger partial charge >= 0.3 is 12.1 Å². The first-order valence-corrected chi connectivity index (χ1v) is 16.5. The van der Waals surface area contributed by atoms with E-state index in [0.717, 1.165) is 5.56 Å². The minimum Gasteiger partial charge on any atom is -0.461 e. The molecule has 0 aliphatic carbocycles. The summed E-state index contributed by atoms with van der Waals surface area (Å²) < 4.78 is 39.6. The molecule has 4 rings (SSSR count). The van der Waals surface area contributed by atoms with Gasteiger partial charge in [-0.2, -0.15) is 0 Å². The van der Waals surface area contributed by atoms with E-state index in [0.29, 0.717) is 23.0 Å². The number of esters is 1. The van der Waals surface area contributed by atoms with Crippen molar-refractivity contribution in [2.75, 3.05) is 11.4 Å². The summed E-state index contributed by atoms with van der Waals surface area (Å²) in [5, 5.41) is 2.45. The molecule has 0 spiro atoms. The summed E-state index contributed by atoms with van der Waals surface area (Å²) in [6.45, 7) is 5.23. The summed E-state index contributed by atoms with van der Waals surface area (Å²) >= 11 is 0. The molecule has 1 heterocycles. The first-order chi connectivity index (χ1) is 21.9. The Bertz CT molecular complexity index is 1610. The number of hydrogen-bond acceptors (Lipinski definition) is 8. The van der Waals surface area contributed by atoms with Gasteiger partial charge < -0.3 is 19.7 Å². The van der Waals surface area contributed by atoms with Crippen molar-refractivity contribution in [2.45, 2.75) is 75.6 Å². The van der Waals surface area contributed by atoms with Crippen LogP contribution in [0.15, 0.2) is 95.9 Å². The van der Waals surface area contributed by atoms with Crippen LogP contribution in [0.25, 0.3) is 0 Å². The SMILES string of the molecule is CC(C)(C)OC(=O)NC(CCC(=O)OCc1ccccc1)C(=O)N(C1CCCN(c2ccccc2)C1=O)S(=O)(=O)c1ccccc1. The maximum Gasteiger partial charge on any atom is 0.408 e. The van der Waals surface area contributed by atoms with Gasteiger partial charge in [-0.25, -0.2) is 17.5 Å². The van der Waals surface area contributed by atoms with Crippen molar-refractivity contribution in [1.82, 2.24) is 9.62 Å². The van der Waals surface area contributed by atoms with E-state index in [1.54, 1.807) is 81.4 Å². The van der Waals surface area contributed by atoms with Crippen molar-refractivity contribution in [2.24, 2.45) is 0 Å². The van der Waals surface area contributed by atoms with Crippen molar-refractivity contribution < 1.29 is 37.1 Å². The van der Waals surface area contributed by atoms with Crippen LogP contribution in [0.1, 0.15) is 52.0 Å². The standard InChI is InChI=1S/C34H39N3O8S/c1-34(2,3)45-33(41)35-28(21-22-30(38)44-24-25-14-7-4-8-15-25)31(39)37(46(42,43)27-18-11-6-12-19-27)29-20-13-23-36(32(29)40)26-16-9-5-10-17-26/h4-12,14-19,28-29H,13,20-24H2,1-3H3,(H,35,41). The summed E-state index contributed by atoms with van der Waals surface area (Å²) in [5.74, 6) is -2.31. The van der Waals surface area contributed by atoms with E-state index >= 15 is 0 Å². The maximum absolute atomic E-state index is 14.4. The number of alkyl carbamates (subject to hydrolysis) is 1. The number of piperidine rings is 1. The van der Waals surface area contributed by atoms with E-state index in [-0.39, 0.29) is 30.8 Å². The predicted molar refractivity (Wildman–Crippen MR) is 171 cm³/mol. The Morgan fingerprint density at radius 3 is 2.13 bits per heavy atom. The molecule has 3 amide bonds. The number of anilines is 1. The van der Waals surface area contributed by atoms with Crippen LogP contribution >= 0.6 is 0 Å². The Hall–Kier alpha value is -4.71. The molecule has 12 heteroatoms. The Balaban J connectivity index is 1.67. The highest BCUT2D eigenvalue weighted by Crippen LogP contribution is 2.29. The molecule has 46 heavy (non-hydrogen) atoms. The van der Waals surface area contributed by atoms with E-state index in [2.05, 4.69) is 5.32 Å². The van der Waals surface area contributed by atoms with Crippen LogP contribution in [0, 0.1) is 0 Å². The lowest BCUT2D eigenvalue weighted by atomic mass is 10.0. The second-order valence-electron chi connectivity index (χ2n) is 11.8. The Kier molecular flexibility index (Phi) is 11.2. The number of carbonyl (C=O) groups is 4. The zero-order valence-electron chi connectivity index (χ0n) is 26.1. The number of ether oxygens (including phenoxy) is 2. The minimum atomic E-state index is -4.61. The molecule has 1 aliphatic rings. The van der Waals surface area contributed by atoms with Crippen LogP contribution in [0.3, 0.4) is 0 Å². The van der Waals surface area contributed by atoms with Crippen LogP contribution in [0.2, 0.25) is 0 Å². The highest BCUT2D eigenvalue weighted by Gasteiger charge is 2.45. The van der Waals surface area contributed by atoms with Gasteiger partial charge in [0.15, 0.2) is 0 Å². The molecule has 1 N–H and O–H groups in total. The highest BCUT2D eigenvalue weighted by molar-refractivity contribution is 7.89. The van der Waals surface area contributed by atoms with E-state index in [1.165, 1.54) is 29.2 Å². The molecule has 0 aromatic heterocycles. The number of para-hydroxylation sites is 1. The van der Waals surface area contributed by atoms with Crippen LogP contribution in [-0.4, -0.2) is 60.8 Å². The molecular weight excluding hydrogens is 610 g/mol. The van der Waals surface area contributed by atoms with Crippen molar-refractivity contribution in [1.29, 1.82) is 0 Å². The van der Waals surface area contributed by atoms with Gasteiger partial charge in [0.05, 0.1) is 4.90 Å². The fourth-order valence-corrected chi connectivity index (χ4v) is 6.64. The maximum atomic E-state index is 14.4. The molecule has 1 saturated heterocycles. The lowest BCUT2D eigenvalue weighted by Gasteiger charge is -2.39. The lowest BCUT2D eigenvalue weighted by molar-refractivity contribution is -0.145. The monoisotopic (exact) mass is 649 g/mol. The number of nitrogens with zero attached hydrogens (tertiary/aromatic N) is 2. The molecule has 0 radical (unpaired) electrons. The average Bonchev–Trinajstić information content (AvgIpc) is 3.03. The van der Waals surface area contributed by atoms with Crippen LogP contribution in [-0.2, 0) is 40.5 Å². The highest BCUT2D eigenvalue weighted by atomic mass is 32.2. The topological polar surface area (TPSA) is 139 Å². The Morgan fingerprint density at radius 1 is 0.935 bits per heavy atom. The fraction of sp³-hybridized carbons (Fsp3) is 0.353. The molecule has 1 fully saturated rings. The molecule has 2 unspecified atom stereocenters. The van der Waals surface area contributed by atoms with Gasteiger partial charge in [-0.05, 0) is 69.9 Å². The van der Waals surface area contributed by atoms with Crippen molar-refractivity contribution in [3.63, 3.8) is 0 Å². The summed E-state index contributed by atoms with van der Waals surface area (Å²) in [5.41, 5.74) is 0.387. The van der Waals surface area contributed by atoms with E-state index < -0.39 is 51.6 Å². The van der Waals surface area contributed by atoms with Crippen molar-refractivity contribution in [3.8, 4) is 0 Å². The van der Waals surface area contributed by atoms with Gasteiger partial charge in [0, 0.05) is 18.7 Å². The molecule has 244 valence electrons. The third-order valence-corrected chi connectivity index (χ3v) is 8.97. The van der Waals surface area contributed by atoms with Gasteiger partial charge in [0.2, 0.25) is 0 Å². The average molecular weight is 650 g/mol. The van der Waals surface area contributed by atoms with Gasteiger partial charge in [-0.1, -0.05) is 66.7 Å². The number of rotatable bonds is 11. The van der Waals surface area contributed by atoms with Gasteiger partial charge in [-0.3, -0.25) is 14.4 Å². The molecule has 11 nitrogen and oxygen atoms in total. The van der Waals surface area contributed by atoms with Gasteiger partial charge in [0.25, 0.3) is 21.8 Å². The molecule has 0 bridgehead atoms. The number of nitrogens with one attached hydrogen (secondary N) is 1. The number of amides is 3. The second kappa shape index (κ2) is 15.0. The molecular formula is C34H39N3O8S. The zero-order valence-corrected chi connectivity index (χ0v) is 26.9. The lowest BCUT2D eigenvalue weighted by Crippen LogP contribution is -2.60. The smallest absolute Gasteiger partial charge is 0.408 e. The van der Waals surface area contributed by atoms with Crippen LogP contribution in [0.4, 0.5) is 10.5 Å². The normalized spacial score (nSPS) is 15.8. The predicted octanol–water partition coefficient (Wildman–Crippen LogP) is 4.82. The third-order valence-electron chi connectivity index (χ3n) is 7.15. The summed E-state index contributed by atoms with van der Waals surface area (Å²) in [7, 11) is -4.61. The zero-order chi connectivity index (χ0) is 33.3. The summed E-state index contributed by atoms with van der Waals surface area (Å²) in [6, 6.07) is 22.1. The number of sulfonamides is 1. The quantitative estimate of drug-likeness (QED) is 0.292. The van der Waals surface area contributed by atoms with Crippen molar-refractivity contribution in [3.05, 3.63) is 96.6 Å². The van der Waals surface area contributed by atoms with E-state index in [1.807, 2.05) is 6.07 Å². The first kappa shape index (κ1) is 34.2. The van der Waals surface area contributed by atoms with Crippen LogP contribution < -0.4 is 10.2 Å². The number of benzene rings is 3. The molecule has 1 aliphatic heterocycles. The largest absolute Gasteiger partial charge is 0.461 e. The molecule has 3 aromatic carbocycles. The fourth-order valence-electron chi connectivity index (χ4n) is 5.02. The van der Waals surface area contributed by atoms with Crippen LogP contribution in [0.5, 0.6) is 0 Å². The number of hydrogen-bond donors (Lipinski definition) is 1. The molecule has 2 atom stereocenters. The Morgan fingerprint density at radius 2 is 1.52 bits per heavy atom. The minimum absolute atomic E-state index is 0.00180. The van der Waals surface area contributed by atoms with Crippen molar-refractivity contribution >= 4 is 39.6 Å². The Labute approximate surface area is 269 Å². The molecule has 3 aromatic rings. The summed E-state index contributed by atoms with van der Waals surface area (Å²) in [4.78, 5) is 55.2. The number of carbonyl (C=O) groups excluding carboxylic acids is 4. The first-order valence-electron chi connectivity index (χ1n) is 15.1. The second-order valence-corrected chi connectivity index (χ2v) is 13.6. The third kappa shape index (κ3) is 8.94. The molecule has 0 saturated carbocycles. The van der Waals surface area contributed by atoms with E-state index in [9.17, 15) is 27.6 Å².